The zero-order valence-corrected chi connectivity index (χ0v) is 13.4. The van der Waals surface area contributed by atoms with Gasteiger partial charge in [0.05, 0.1) is 6.61 Å². The minimum Gasteiger partial charge on any atom is -0.493 e. The molecule has 0 spiro atoms. The Kier molecular flexibility index (Phi) is 4.45. The maximum Gasteiger partial charge on any atom is 0.137 e. The fourth-order valence-electron chi connectivity index (χ4n) is 3.34. The summed E-state index contributed by atoms with van der Waals surface area (Å²) in [6.45, 7) is 0.803. The van der Waals surface area contributed by atoms with Gasteiger partial charge in [0.15, 0.2) is 0 Å². The monoisotopic (exact) mass is 336 g/mol. The quantitative estimate of drug-likeness (QED) is 0.814. The van der Waals surface area contributed by atoms with Gasteiger partial charge in [-0.05, 0) is 42.9 Å². The van der Waals surface area contributed by atoms with E-state index in [2.05, 4.69) is 22.0 Å². The van der Waals surface area contributed by atoms with E-state index in [1.54, 1.807) is 0 Å². The molecule has 3 rings (SSSR count). The second kappa shape index (κ2) is 6.30. The minimum atomic E-state index is 0.335. The molecule has 1 fully saturated rings. The van der Waals surface area contributed by atoms with Crippen molar-refractivity contribution in [3.05, 3.63) is 27.7 Å². The third kappa shape index (κ3) is 3.25. The van der Waals surface area contributed by atoms with E-state index in [0.29, 0.717) is 24.5 Å². The summed E-state index contributed by atoms with van der Waals surface area (Å²) in [7, 11) is 0. The number of rotatable bonds is 3. The molecule has 0 radical (unpaired) electrons. The molecule has 0 unspecified atom stereocenters. The zero-order valence-electron chi connectivity index (χ0n) is 11.8. The molecule has 0 aromatic heterocycles. The topological polar surface area (TPSA) is 26.3 Å². The molecular weight excluding hydrogens is 316 g/mol. The van der Waals surface area contributed by atoms with Crippen molar-refractivity contribution in [1.29, 1.82) is 0 Å². The lowest BCUT2D eigenvalue weighted by Crippen LogP contribution is -2.18. The third-order valence-corrected chi connectivity index (χ3v) is 4.97. The minimum absolute atomic E-state index is 0.335. The van der Waals surface area contributed by atoms with Gasteiger partial charge in [-0.2, -0.15) is 0 Å². The molecule has 0 heterocycles. The first-order chi connectivity index (χ1) is 9.72. The molecule has 0 bridgehead atoms. The fraction of sp³-hybridized carbons (Fsp3) is 0.588. The van der Waals surface area contributed by atoms with Gasteiger partial charge in [0.25, 0.3) is 0 Å². The van der Waals surface area contributed by atoms with Gasteiger partial charge in [0.1, 0.15) is 11.5 Å². The Bertz CT molecular complexity index is 504. The number of aryl methyl sites for hydroxylation is 1. The zero-order chi connectivity index (χ0) is 13.9. The van der Waals surface area contributed by atoms with E-state index in [9.17, 15) is 4.79 Å². The van der Waals surface area contributed by atoms with Gasteiger partial charge >= 0.3 is 0 Å². The first-order valence-corrected chi connectivity index (χ1v) is 8.47. The molecule has 0 aliphatic heterocycles. The molecule has 20 heavy (non-hydrogen) atoms. The summed E-state index contributed by atoms with van der Waals surface area (Å²) in [6.07, 6.45) is 8.69. The smallest absolute Gasteiger partial charge is 0.137 e. The lowest BCUT2D eigenvalue weighted by atomic mass is 9.89. The SMILES string of the molecule is O=C1CCc2cc(Br)cc(OCC3CCCCC3)c2C1. The number of carbonyl (C=O) groups excluding carboxylic acids is 1. The first-order valence-electron chi connectivity index (χ1n) is 7.68. The van der Waals surface area contributed by atoms with Crippen LogP contribution < -0.4 is 4.74 Å². The van der Waals surface area contributed by atoms with Gasteiger partial charge < -0.3 is 4.74 Å². The van der Waals surface area contributed by atoms with E-state index >= 15 is 0 Å². The second-order valence-corrected chi connectivity index (χ2v) is 6.99. The molecule has 0 N–H and O–H groups in total. The highest BCUT2D eigenvalue weighted by atomic mass is 79.9. The van der Waals surface area contributed by atoms with Crippen molar-refractivity contribution in [3.8, 4) is 5.75 Å². The number of ether oxygens (including phenoxy) is 1. The standard InChI is InChI=1S/C17H21BrO2/c18-14-8-13-6-7-15(19)10-16(13)17(9-14)20-11-12-4-2-1-3-5-12/h8-9,12H,1-7,10-11H2. The Morgan fingerprint density at radius 1 is 1.15 bits per heavy atom. The van der Waals surface area contributed by atoms with Crippen LogP contribution in [-0.2, 0) is 17.6 Å². The van der Waals surface area contributed by atoms with Crippen molar-refractivity contribution in [3.63, 3.8) is 0 Å². The largest absolute Gasteiger partial charge is 0.493 e. The van der Waals surface area contributed by atoms with Gasteiger partial charge in [-0.25, -0.2) is 0 Å². The predicted molar refractivity (Wildman–Crippen MR) is 83.2 cm³/mol. The van der Waals surface area contributed by atoms with Crippen molar-refractivity contribution in [2.75, 3.05) is 6.61 Å². The molecule has 2 aliphatic carbocycles. The van der Waals surface area contributed by atoms with E-state index in [4.69, 9.17) is 4.74 Å². The molecule has 1 aromatic carbocycles. The van der Waals surface area contributed by atoms with E-state index in [-0.39, 0.29) is 0 Å². The molecule has 1 saturated carbocycles. The van der Waals surface area contributed by atoms with Crippen LogP contribution in [0.25, 0.3) is 0 Å². The summed E-state index contributed by atoms with van der Waals surface area (Å²) in [4.78, 5) is 11.7. The van der Waals surface area contributed by atoms with Crippen molar-refractivity contribution in [1.82, 2.24) is 0 Å². The molecule has 0 saturated heterocycles. The average Bonchev–Trinajstić information content (AvgIpc) is 2.46. The highest BCUT2D eigenvalue weighted by Crippen LogP contribution is 2.33. The molecule has 108 valence electrons. The third-order valence-electron chi connectivity index (χ3n) is 4.51. The van der Waals surface area contributed by atoms with E-state index in [1.165, 1.54) is 37.7 Å². The number of hydrogen-bond donors (Lipinski definition) is 0. The Morgan fingerprint density at radius 3 is 2.75 bits per heavy atom. The van der Waals surface area contributed by atoms with Crippen molar-refractivity contribution < 1.29 is 9.53 Å². The van der Waals surface area contributed by atoms with Crippen LogP contribution >= 0.6 is 15.9 Å². The molecule has 1 aromatic rings. The molecule has 2 aliphatic rings. The molecule has 3 heteroatoms. The van der Waals surface area contributed by atoms with Crippen molar-refractivity contribution in [2.24, 2.45) is 5.92 Å². The summed E-state index contributed by atoms with van der Waals surface area (Å²) >= 11 is 3.56. The number of benzene rings is 1. The summed E-state index contributed by atoms with van der Waals surface area (Å²) in [6, 6.07) is 4.16. The van der Waals surface area contributed by atoms with E-state index < -0.39 is 0 Å². The van der Waals surface area contributed by atoms with E-state index in [0.717, 1.165) is 28.8 Å². The van der Waals surface area contributed by atoms with Gasteiger partial charge in [-0.15, -0.1) is 0 Å². The fourth-order valence-corrected chi connectivity index (χ4v) is 3.82. The number of ketones is 1. The maximum atomic E-state index is 11.7. The number of Topliss-reactive ketones (excluding diaryl/α,β-unsaturated/α-hetero) is 1. The normalized spacial score (nSPS) is 19.8. The second-order valence-electron chi connectivity index (χ2n) is 6.07. The van der Waals surface area contributed by atoms with Gasteiger partial charge in [0.2, 0.25) is 0 Å². The summed E-state index contributed by atoms with van der Waals surface area (Å²) in [5.74, 6) is 1.95. The number of hydrogen-bond acceptors (Lipinski definition) is 2. The Morgan fingerprint density at radius 2 is 1.95 bits per heavy atom. The molecule has 2 nitrogen and oxygen atoms in total. The Balaban J connectivity index is 1.74. The lowest BCUT2D eigenvalue weighted by Gasteiger charge is -2.24. The van der Waals surface area contributed by atoms with Crippen LogP contribution in [0.4, 0.5) is 0 Å². The lowest BCUT2D eigenvalue weighted by molar-refractivity contribution is -0.118. The van der Waals surface area contributed by atoms with Crippen LogP contribution in [0.3, 0.4) is 0 Å². The van der Waals surface area contributed by atoms with Crippen LogP contribution in [0.5, 0.6) is 5.75 Å². The Labute approximate surface area is 129 Å². The molecule has 0 amide bonds. The van der Waals surface area contributed by atoms with Crippen molar-refractivity contribution >= 4 is 21.7 Å². The van der Waals surface area contributed by atoms with Crippen LogP contribution in [0, 0.1) is 5.92 Å². The van der Waals surface area contributed by atoms with Crippen LogP contribution in [0.1, 0.15) is 49.7 Å². The molecular formula is C17H21BrO2. The first kappa shape index (κ1) is 14.1. The average molecular weight is 337 g/mol. The van der Waals surface area contributed by atoms with Crippen molar-refractivity contribution in [2.45, 2.75) is 51.4 Å². The van der Waals surface area contributed by atoms with Gasteiger partial charge in [0, 0.05) is 22.9 Å². The number of carbonyl (C=O) groups is 1. The van der Waals surface area contributed by atoms with Crippen LogP contribution in [0.15, 0.2) is 16.6 Å². The van der Waals surface area contributed by atoms with Gasteiger partial charge in [-0.1, -0.05) is 35.2 Å². The van der Waals surface area contributed by atoms with Gasteiger partial charge in [-0.3, -0.25) is 4.79 Å². The summed E-state index contributed by atoms with van der Waals surface area (Å²) < 4.78 is 7.15. The van der Waals surface area contributed by atoms with Crippen LogP contribution in [0.2, 0.25) is 0 Å². The maximum absolute atomic E-state index is 11.7. The summed E-state index contributed by atoms with van der Waals surface area (Å²) in [5, 5.41) is 0. The molecule has 0 atom stereocenters. The number of fused-ring (bicyclic) bond motifs is 1. The highest BCUT2D eigenvalue weighted by molar-refractivity contribution is 9.10. The van der Waals surface area contributed by atoms with E-state index in [1.807, 2.05) is 6.07 Å². The number of halogens is 1. The highest BCUT2D eigenvalue weighted by Gasteiger charge is 2.21. The Hall–Kier alpha value is -0.830. The summed E-state index contributed by atoms with van der Waals surface area (Å²) in [5.41, 5.74) is 2.40. The van der Waals surface area contributed by atoms with Crippen LogP contribution in [-0.4, -0.2) is 12.4 Å². The predicted octanol–water partition coefficient (Wildman–Crippen LogP) is 4.47.